The normalized spacial score (nSPS) is 16.9. The lowest BCUT2D eigenvalue weighted by molar-refractivity contribution is -0.142. The highest BCUT2D eigenvalue weighted by Crippen LogP contribution is 2.48. The molecule has 2 amide bonds. The third kappa shape index (κ3) is 5.89. The molecule has 0 bridgehead atoms. The van der Waals surface area contributed by atoms with E-state index in [9.17, 15) is 14.0 Å². The van der Waals surface area contributed by atoms with Gasteiger partial charge in [0, 0.05) is 19.0 Å². The summed E-state index contributed by atoms with van der Waals surface area (Å²) in [5.74, 6) is 0.382. The van der Waals surface area contributed by atoms with Gasteiger partial charge in [0.1, 0.15) is 11.6 Å². The van der Waals surface area contributed by atoms with E-state index >= 15 is 0 Å². The van der Waals surface area contributed by atoms with Gasteiger partial charge in [-0.05, 0) is 54.2 Å². The second kappa shape index (κ2) is 10.5. The molecule has 1 heterocycles. The molecule has 3 aromatic rings. The number of halogens is 1. The van der Waals surface area contributed by atoms with Crippen molar-refractivity contribution in [2.75, 3.05) is 13.1 Å². The van der Waals surface area contributed by atoms with E-state index in [0.29, 0.717) is 18.8 Å². The number of carbonyl (C=O) groups excluding carboxylic acids is 2. The summed E-state index contributed by atoms with van der Waals surface area (Å²) in [6.07, 6.45) is 3.17. The van der Waals surface area contributed by atoms with E-state index in [0.717, 1.165) is 18.4 Å². The van der Waals surface area contributed by atoms with Crippen LogP contribution in [-0.4, -0.2) is 34.7 Å². The van der Waals surface area contributed by atoms with Gasteiger partial charge in [-0.3, -0.25) is 9.59 Å². The number of rotatable bonds is 10. The van der Waals surface area contributed by atoms with E-state index in [-0.39, 0.29) is 42.6 Å². The first-order valence-electron chi connectivity index (χ1n) is 11.4. The molecule has 0 saturated heterocycles. The van der Waals surface area contributed by atoms with Crippen LogP contribution in [0.5, 0.6) is 0 Å². The van der Waals surface area contributed by atoms with E-state index in [2.05, 4.69) is 12.1 Å². The summed E-state index contributed by atoms with van der Waals surface area (Å²) in [7, 11) is 0. The van der Waals surface area contributed by atoms with Crippen molar-refractivity contribution in [2.45, 2.75) is 38.8 Å². The molecule has 1 aliphatic carbocycles. The minimum absolute atomic E-state index is 0.0204. The third-order valence-electron chi connectivity index (χ3n) is 6.03. The van der Waals surface area contributed by atoms with Crippen LogP contribution in [0, 0.1) is 11.7 Å². The van der Waals surface area contributed by atoms with E-state index in [1.165, 1.54) is 17.7 Å². The van der Waals surface area contributed by atoms with Gasteiger partial charge in [-0.25, -0.2) is 4.39 Å². The zero-order valence-corrected chi connectivity index (χ0v) is 18.8. The van der Waals surface area contributed by atoms with E-state index in [1.54, 1.807) is 34.3 Å². The van der Waals surface area contributed by atoms with Crippen LogP contribution < -0.4 is 0 Å². The fraction of sp³-hybridized carbons (Fsp3) is 0.333. The monoisotopic (exact) mass is 448 g/mol. The molecule has 0 radical (unpaired) electrons. The minimum Gasteiger partial charge on any atom is -0.467 e. The van der Waals surface area contributed by atoms with Crippen LogP contribution in [0.25, 0.3) is 0 Å². The van der Waals surface area contributed by atoms with Crippen molar-refractivity contribution in [2.24, 2.45) is 5.92 Å². The van der Waals surface area contributed by atoms with Crippen LogP contribution in [0.3, 0.4) is 0 Å². The first-order valence-corrected chi connectivity index (χ1v) is 11.4. The highest BCUT2D eigenvalue weighted by molar-refractivity contribution is 5.88. The zero-order valence-electron chi connectivity index (χ0n) is 18.8. The number of benzene rings is 2. The number of nitrogens with zero attached hydrogens (tertiary/aromatic N) is 2. The number of amides is 2. The average Bonchev–Trinajstić information content (AvgIpc) is 3.47. The Kier molecular flexibility index (Phi) is 7.23. The van der Waals surface area contributed by atoms with Crippen molar-refractivity contribution in [1.82, 2.24) is 9.80 Å². The Hall–Kier alpha value is -3.41. The molecule has 2 aromatic carbocycles. The molecule has 0 aliphatic heterocycles. The number of carbonyl (C=O) groups is 2. The quantitative estimate of drug-likeness (QED) is 0.439. The Labute approximate surface area is 193 Å². The molecule has 4 rings (SSSR count). The van der Waals surface area contributed by atoms with Gasteiger partial charge in [-0.1, -0.05) is 49.4 Å². The van der Waals surface area contributed by atoms with Crippen molar-refractivity contribution >= 4 is 11.8 Å². The largest absolute Gasteiger partial charge is 0.467 e. The molecular formula is C27H29FN2O3. The predicted molar refractivity (Wildman–Crippen MR) is 124 cm³/mol. The maximum absolute atomic E-state index is 13.3. The second-order valence-corrected chi connectivity index (χ2v) is 8.57. The van der Waals surface area contributed by atoms with E-state index in [4.69, 9.17) is 4.42 Å². The fourth-order valence-electron chi connectivity index (χ4n) is 4.20. The molecule has 0 N–H and O–H groups in total. The number of hydrogen-bond acceptors (Lipinski definition) is 3. The average molecular weight is 449 g/mol. The molecule has 2 atom stereocenters. The summed E-state index contributed by atoms with van der Waals surface area (Å²) in [6.45, 7) is 3.16. The van der Waals surface area contributed by atoms with Gasteiger partial charge in [0.05, 0.1) is 19.4 Å². The van der Waals surface area contributed by atoms with Crippen LogP contribution >= 0.6 is 0 Å². The Bertz CT molecular complexity index is 1050. The Morgan fingerprint density at radius 1 is 0.970 bits per heavy atom. The summed E-state index contributed by atoms with van der Waals surface area (Å²) < 4.78 is 18.8. The lowest BCUT2D eigenvalue weighted by Gasteiger charge is -2.27. The van der Waals surface area contributed by atoms with Crippen molar-refractivity contribution in [3.8, 4) is 0 Å². The summed E-state index contributed by atoms with van der Waals surface area (Å²) in [5, 5.41) is 0. The van der Waals surface area contributed by atoms with Crippen LogP contribution in [0.4, 0.5) is 4.39 Å². The minimum atomic E-state index is -0.320. The molecule has 1 aromatic heterocycles. The SMILES string of the molecule is CCCN(CC(=O)N(Cc1ccc(F)cc1)Cc1ccco1)C(=O)C1CC1c1ccccc1. The van der Waals surface area contributed by atoms with E-state index < -0.39 is 0 Å². The zero-order chi connectivity index (χ0) is 23.2. The molecule has 33 heavy (non-hydrogen) atoms. The molecule has 1 fully saturated rings. The summed E-state index contributed by atoms with van der Waals surface area (Å²) in [6, 6.07) is 19.8. The van der Waals surface area contributed by atoms with Gasteiger partial charge in [0.25, 0.3) is 0 Å². The van der Waals surface area contributed by atoms with Gasteiger partial charge in [0.2, 0.25) is 11.8 Å². The molecule has 172 valence electrons. The Morgan fingerprint density at radius 3 is 2.39 bits per heavy atom. The standard InChI is InChI=1S/C27H29FN2O3/c1-2-14-29(27(32)25-16-24(25)21-7-4-3-5-8-21)19-26(31)30(18-23-9-6-15-33-23)17-20-10-12-22(28)13-11-20/h3-13,15,24-25H,2,14,16-19H2,1H3. The lowest BCUT2D eigenvalue weighted by Crippen LogP contribution is -2.43. The third-order valence-corrected chi connectivity index (χ3v) is 6.03. The van der Waals surface area contributed by atoms with Gasteiger partial charge in [0.15, 0.2) is 0 Å². The first kappa shape index (κ1) is 22.8. The van der Waals surface area contributed by atoms with Crippen LogP contribution in [0.15, 0.2) is 77.4 Å². The lowest BCUT2D eigenvalue weighted by atomic mass is 10.1. The number of hydrogen-bond donors (Lipinski definition) is 0. The second-order valence-electron chi connectivity index (χ2n) is 8.57. The predicted octanol–water partition coefficient (Wildman–Crippen LogP) is 4.99. The smallest absolute Gasteiger partial charge is 0.242 e. The van der Waals surface area contributed by atoms with Gasteiger partial charge in [-0.15, -0.1) is 0 Å². The summed E-state index contributed by atoms with van der Waals surface area (Å²) >= 11 is 0. The van der Waals surface area contributed by atoms with Gasteiger partial charge >= 0.3 is 0 Å². The maximum atomic E-state index is 13.3. The van der Waals surface area contributed by atoms with Crippen LogP contribution in [0.2, 0.25) is 0 Å². The number of furan rings is 1. The van der Waals surface area contributed by atoms with Crippen molar-refractivity contribution in [1.29, 1.82) is 0 Å². The highest BCUT2D eigenvalue weighted by atomic mass is 19.1. The summed E-state index contributed by atoms with van der Waals surface area (Å²) in [5.41, 5.74) is 1.99. The molecule has 1 saturated carbocycles. The van der Waals surface area contributed by atoms with Crippen molar-refractivity contribution < 1.29 is 18.4 Å². The van der Waals surface area contributed by atoms with Crippen molar-refractivity contribution in [3.63, 3.8) is 0 Å². The Balaban J connectivity index is 1.45. The topological polar surface area (TPSA) is 53.8 Å². The van der Waals surface area contributed by atoms with Gasteiger partial charge < -0.3 is 14.2 Å². The molecule has 1 aliphatic rings. The van der Waals surface area contributed by atoms with Crippen LogP contribution in [0.1, 0.15) is 42.6 Å². The molecular weight excluding hydrogens is 419 g/mol. The molecule has 0 spiro atoms. The Morgan fingerprint density at radius 2 is 1.73 bits per heavy atom. The first-order chi connectivity index (χ1) is 16.0. The summed E-state index contributed by atoms with van der Waals surface area (Å²) in [4.78, 5) is 29.9. The molecule has 2 unspecified atom stereocenters. The van der Waals surface area contributed by atoms with Crippen molar-refractivity contribution in [3.05, 3.63) is 95.7 Å². The molecule has 6 heteroatoms. The highest BCUT2D eigenvalue weighted by Gasteiger charge is 2.45. The van der Waals surface area contributed by atoms with Crippen LogP contribution in [-0.2, 0) is 22.7 Å². The maximum Gasteiger partial charge on any atom is 0.242 e. The van der Waals surface area contributed by atoms with E-state index in [1.807, 2.05) is 31.2 Å². The van der Waals surface area contributed by atoms with Gasteiger partial charge in [-0.2, -0.15) is 0 Å². The fourth-order valence-corrected chi connectivity index (χ4v) is 4.20. The molecule has 5 nitrogen and oxygen atoms in total.